The lowest BCUT2D eigenvalue weighted by atomic mass is 9.77. The van der Waals surface area contributed by atoms with E-state index in [-0.39, 0.29) is 18.0 Å². The van der Waals surface area contributed by atoms with E-state index < -0.39 is 0 Å². The molecule has 2 unspecified atom stereocenters. The largest absolute Gasteiger partial charge is 0.462 e. The summed E-state index contributed by atoms with van der Waals surface area (Å²) in [6, 6.07) is 0. The van der Waals surface area contributed by atoms with E-state index in [0.29, 0.717) is 5.92 Å². The van der Waals surface area contributed by atoms with Gasteiger partial charge in [0, 0.05) is 13.2 Å². The average Bonchev–Trinajstić information content (AvgIpc) is 2.48. The first-order valence-electron chi connectivity index (χ1n) is 8.52. The number of ether oxygens (including phenoxy) is 2. The molecular weight excluding hydrogens is 252 g/mol. The Morgan fingerprint density at radius 1 is 1.10 bits per heavy atom. The van der Waals surface area contributed by atoms with Crippen molar-refractivity contribution in [3.8, 4) is 0 Å². The van der Waals surface area contributed by atoms with Gasteiger partial charge in [0.25, 0.3) is 0 Å². The van der Waals surface area contributed by atoms with Gasteiger partial charge in [0.05, 0.1) is 5.92 Å². The predicted molar refractivity (Wildman–Crippen MR) is 79.5 cm³/mol. The highest BCUT2D eigenvalue weighted by Crippen LogP contribution is 2.37. The molecule has 2 fully saturated rings. The summed E-state index contributed by atoms with van der Waals surface area (Å²) in [4.78, 5) is 12.0. The van der Waals surface area contributed by atoms with Crippen LogP contribution in [0.5, 0.6) is 0 Å². The highest BCUT2D eigenvalue weighted by atomic mass is 16.5. The van der Waals surface area contributed by atoms with Gasteiger partial charge in [-0.25, -0.2) is 0 Å². The Kier molecular flexibility index (Phi) is 6.34. The van der Waals surface area contributed by atoms with Crippen LogP contribution in [-0.4, -0.2) is 25.3 Å². The molecule has 2 atom stereocenters. The normalized spacial score (nSPS) is 34.8. The van der Waals surface area contributed by atoms with Crippen molar-refractivity contribution in [2.45, 2.75) is 71.3 Å². The number of carbonyl (C=O) groups is 1. The van der Waals surface area contributed by atoms with Crippen LogP contribution in [0.25, 0.3) is 0 Å². The highest BCUT2D eigenvalue weighted by molar-refractivity contribution is 5.73. The van der Waals surface area contributed by atoms with Gasteiger partial charge in [-0.05, 0) is 63.7 Å². The van der Waals surface area contributed by atoms with Crippen LogP contribution in [0.2, 0.25) is 0 Å². The van der Waals surface area contributed by atoms with E-state index in [4.69, 9.17) is 9.47 Å². The third kappa shape index (κ3) is 4.21. The molecule has 0 amide bonds. The fraction of sp³-hybridized carbons (Fsp3) is 0.941. The molecular formula is C17H30O3. The smallest absolute Gasteiger partial charge is 0.309 e. The summed E-state index contributed by atoms with van der Waals surface area (Å²) >= 11 is 0. The monoisotopic (exact) mass is 282 g/mol. The molecule has 0 spiro atoms. The maximum absolute atomic E-state index is 12.0. The zero-order valence-electron chi connectivity index (χ0n) is 13.1. The van der Waals surface area contributed by atoms with Gasteiger partial charge in [0.2, 0.25) is 0 Å². The molecule has 1 saturated heterocycles. The number of rotatable bonds is 6. The first-order chi connectivity index (χ1) is 9.74. The fourth-order valence-corrected chi connectivity index (χ4v) is 3.74. The van der Waals surface area contributed by atoms with Crippen molar-refractivity contribution in [2.24, 2.45) is 17.8 Å². The van der Waals surface area contributed by atoms with E-state index in [9.17, 15) is 4.79 Å². The van der Waals surface area contributed by atoms with Gasteiger partial charge in [0.1, 0.15) is 6.10 Å². The number of carbonyl (C=O) groups excluding carboxylic acids is 1. The van der Waals surface area contributed by atoms with Crippen molar-refractivity contribution in [2.75, 3.05) is 13.2 Å². The number of hydrogen-bond acceptors (Lipinski definition) is 3. The molecule has 3 nitrogen and oxygen atoms in total. The molecule has 116 valence electrons. The second-order valence-electron chi connectivity index (χ2n) is 6.48. The zero-order chi connectivity index (χ0) is 14.4. The lowest BCUT2D eigenvalue weighted by Crippen LogP contribution is -2.37. The molecule has 1 aliphatic heterocycles. The van der Waals surface area contributed by atoms with Gasteiger partial charge < -0.3 is 9.47 Å². The second-order valence-corrected chi connectivity index (χ2v) is 6.48. The third-order valence-electron chi connectivity index (χ3n) is 5.01. The first-order valence-corrected chi connectivity index (χ1v) is 8.52. The lowest BCUT2D eigenvalue weighted by Gasteiger charge is -2.37. The van der Waals surface area contributed by atoms with E-state index in [1.165, 1.54) is 25.7 Å². The SMILES string of the molecule is CCCC1CCC(C2CCC(COCC)CC2)OC1=O. The summed E-state index contributed by atoms with van der Waals surface area (Å²) in [5, 5.41) is 0. The Labute approximate surface area is 123 Å². The zero-order valence-corrected chi connectivity index (χ0v) is 13.1. The number of cyclic esters (lactones) is 1. The molecule has 0 aromatic rings. The van der Waals surface area contributed by atoms with Gasteiger partial charge in [-0.15, -0.1) is 0 Å². The molecule has 0 bridgehead atoms. The Balaban J connectivity index is 1.73. The van der Waals surface area contributed by atoms with E-state index >= 15 is 0 Å². The molecule has 20 heavy (non-hydrogen) atoms. The van der Waals surface area contributed by atoms with Crippen molar-refractivity contribution in [3.05, 3.63) is 0 Å². The molecule has 0 radical (unpaired) electrons. The van der Waals surface area contributed by atoms with Crippen molar-refractivity contribution < 1.29 is 14.3 Å². The predicted octanol–water partition coefficient (Wildman–Crippen LogP) is 3.95. The van der Waals surface area contributed by atoms with Crippen molar-refractivity contribution in [3.63, 3.8) is 0 Å². The van der Waals surface area contributed by atoms with Crippen LogP contribution in [0.1, 0.15) is 65.2 Å². The van der Waals surface area contributed by atoms with E-state index in [0.717, 1.165) is 44.8 Å². The minimum atomic E-state index is 0.0690. The van der Waals surface area contributed by atoms with E-state index in [1.807, 2.05) is 0 Å². The molecule has 1 aliphatic carbocycles. The van der Waals surface area contributed by atoms with Crippen LogP contribution < -0.4 is 0 Å². The molecule has 2 aliphatic rings. The number of hydrogen-bond donors (Lipinski definition) is 0. The summed E-state index contributed by atoms with van der Waals surface area (Å²) in [7, 11) is 0. The standard InChI is InChI=1S/C17H30O3/c1-3-5-15-10-11-16(20-17(15)18)14-8-6-13(7-9-14)12-19-4-2/h13-16H,3-12H2,1-2H3. The molecule has 1 heterocycles. The van der Waals surface area contributed by atoms with Gasteiger partial charge in [-0.3, -0.25) is 4.79 Å². The maximum atomic E-state index is 12.0. The summed E-state index contributed by atoms with van der Waals surface area (Å²) in [6.45, 7) is 5.92. The summed E-state index contributed by atoms with van der Waals surface area (Å²) < 4.78 is 11.3. The van der Waals surface area contributed by atoms with Gasteiger partial charge in [-0.2, -0.15) is 0 Å². The molecule has 2 rings (SSSR count). The van der Waals surface area contributed by atoms with Crippen molar-refractivity contribution in [1.82, 2.24) is 0 Å². The molecule has 1 saturated carbocycles. The minimum absolute atomic E-state index is 0.0690. The number of esters is 1. The molecule has 3 heteroatoms. The van der Waals surface area contributed by atoms with Crippen molar-refractivity contribution >= 4 is 5.97 Å². The fourth-order valence-electron chi connectivity index (χ4n) is 3.74. The Hall–Kier alpha value is -0.570. The van der Waals surface area contributed by atoms with Gasteiger partial charge in [-0.1, -0.05) is 13.3 Å². The average molecular weight is 282 g/mol. The van der Waals surface area contributed by atoms with Crippen LogP contribution in [0.3, 0.4) is 0 Å². The second kappa shape index (κ2) is 8.02. The van der Waals surface area contributed by atoms with Crippen LogP contribution in [0.15, 0.2) is 0 Å². The van der Waals surface area contributed by atoms with Gasteiger partial charge >= 0.3 is 5.97 Å². The minimum Gasteiger partial charge on any atom is -0.462 e. The maximum Gasteiger partial charge on any atom is 0.309 e. The van der Waals surface area contributed by atoms with Crippen LogP contribution in [0.4, 0.5) is 0 Å². The highest BCUT2D eigenvalue weighted by Gasteiger charge is 2.35. The summed E-state index contributed by atoms with van der Waals surface area (Å²) in [6.07, 6.45) is 9.26. The van der Waals surface area contributed by atoms with Crippen molar-refractivity contribution in [1.29, 1.82) is 0 Å². The van der Waals surface area contributed by atoms with Gasteiger partial charge in [0.15, 0.2) is 0 Å². The molecule has 0 aromatic heterocycles. The Morgan fingerprint density at radius 2 is 1.85 bits per heavy atom. The first kappa shape index (κ1) is 15.8. The quantitative estimate of drug-likeness (QED) is 0.692. The third-order valence-corrected chi connectivity index (χ3v) is 5.01. The molecule has 0 N–H and O–H groups in total. The topological polar surface area (TPSA) is 35.5 Å². The van der Waals surface area contributed by atoms with Crippen LogP contribution >= 0.6 is 0 Å². The lowest BCUT2D eigenvalue weighted by molar-refractivity contribution is -0.165. The molecule has 0 aromatic carbocycles. The Bertz CT molecular complexity index is 295. The van der Waals surface area contributed by atoms with E-state index in [1.54, 1.807) is 0 Å². The Morgan fingerprint density at radius 3 is 2.45 bits per heavy atom. The van der Waals surface area contributed by atoms with E-state index in [2.05, 4.69) is 13.8 Å². The van der Waals surface area contributed by atoms with Crippen LogP contribution in [0, 0.1) is 17.8 Å². The van der Waals surface area contributed by atoms with Crippen LogP contribution in [-0.2, 0) is 14.3 Å². The summed E-state index contributed by atoms with van der Waals surface area (Å²) in [5.41, 5.74) is 0. The summed E-state index contributed by atoms with van der Waals surface area (Å²) in [5.74, 6) is 1.56.